The summed E-state index contributed by atoms with van der Waals surface area (Å²) in [4.78, 5) is 7.79. The molecule has 28 heavy (non-hydrogen) atoms. The van der Waals surface area contributed by atoms with E-state index in [1.54, 1.807) is 0 Å². The van der Waals surface area contributed by atoms with E-state index in [4.69, 9.17) is 5.41 Å². The van der Waals surface area contributed by atoms with E-state index < -0.39 is 23.5 Å². The molecular formula is C19H15F6N3. The molecule has 0 aliphatic heterocycles. The average molecular weight is 399 g/mol. The third kappa shape index (κ3) is 6.64. The molecule has 0 fully saturated rings. The predicted octanol–water partition coefficient (Wildman–Crippen LogP) is 5.28. The van der Waals surface area contributed by atoms with Crippen molar-refractivity contribution in [3.8, 4) is 0 Å². The van der Waals surface area contributed by atoms with Gasteiger partial charge in [0.25, 0.3) is 0 Å². The van der Waals surface area contributed by atoms with Crippen molar-refractivity contribution in [3.63, 3.8) is 0 Å². The highest BCUT2D eigenvalue weighted by Gasteiger charge is 2.30. The van der Waals surface area contributed by atoms with Crippen molar-refractivity contribution in [2.45, 2.75) is 12.4 Å². The summed E-state index contributed by atoms with van der Waals surface area (Å²) in [6, 6.07) is 9.20. The molecule has 0 saturated heterocycles. The van der Waals surface area contributed by atoms with Crippen LogP contribution < -0.4 is 0 Å². The van der Waals surface area contributed by atoms with E-state index in [1.807, 2.05) is 0 Å². The van der Waals surface area contributed by atoms with Crippen LogP contribution in [0.3, 0.4) is 0 Å². The number of hydrogen-bond donors (Lipinski definition) is 1. The zero-order chi connectivity index (χ0) is 20.8. The molecule has 0 aliphatic carbocycles. The van der Waals surface area contributed by atoms with Gasteiger partial charge in [0.05, 0.1) is 29.9 Å². The normalized spacial score (nSPS) is 12.8. The van der Waals surface area contributed by atoms with Gasteiger partial charge in [-0.05, 0) is 35.4 Å². The molecule has 0 unspecified atom stereocenters. The van der Waals surface area contributed by atoms with Crippen molar-refractivity contribution in [3.05, 3.63) is 70.8 Å². The minimum atomic E-state index is -4.45. The lowest BCUT2D eigenvalue weighted by atomic mass is 10.1. The van der Waals surface area contributed by atoms with E-state index in [-0.39, 0.29) is 29.9 Å². The number of rotatable bonds is 6. The van der Waals surface area contributed by atoms with Gasteiger partial charge in [-0.1, -0.05) is 24.3 Å². The monoisotopic (exact) mass is 399 g/mol. The second-order valence-corrected chi connectivity index (χ2v) is 5.79. The maximum absolute atomic E-state index is 12.6. The molecule has 9 heteroatoms. The predicted molar refractivity (Wildman–Crippen MR) is 95.5 cm³/mol. The second-order valence-electron chi connectivity index (χ2n) is 5.79. The first-order valence-electron chi connectivity index (χ1n) is 7.96. The summed E-state index contributed by atoms with van der Waals surface area (Å²) < 4.78 is 75.8. The molecule has 2 aromatic carbocycles. The van der Waals surface area contributed by atoms with E-state index in [9.17, 15) is 26.3 Å². The van der Waals surface area contributed by atoms with Gasteiger partial charge in [0.15, 0.2) is 0 Å². The minimum Gasteiger partial charge on any atom is -0.306 e. The van der Waals surface area contributed by atoms with E-state index >= 15 is 0 Å². The number of halogens is 6. The highest BCUT2D eigenvalue weighted by molar-refractivity contribution is 5.90. The molecule has 148 valence electrons. The SMILES string of the molecule is N=C(CN=Cc1cccc(C(F)(F)F)c1)CN=Cc1cccc(C(F)(F)F)c1. The van der Waals surface area contributed by atoms with E-state index in [0.29, 0.717) is 0 Å². The largest absolute Gasteiger partial charge is 0.416 e. The Bertz CT molecular complexity index is 810. The summed E-state index contributed by atoms with van der Waals surface area (Å²) in [5.74, 6) is 0. The highest BCUT2D eigenvalue weighted by Crippen LogP contribution is 2.30. The van der Waals surface area contributed by atoms with Gasteiger partial charge >= 0.3 is 12.4 Å². The number of hydrogen-bond acceptors (Lipinski definition) is 3. The third-order valence-electron chi connectivity index (χ3n) is 3.47. The molecule has 1 N–H and O–H groups in total. The van der Waals surface area contributed by atoms with Gasteiger partial charge in [0, 0.05) is 12.4 Å². The Labute approximate surface area is 157 Å². The van der Waals surface area contributed by atoms with Crippen LogP contribution in [0.5, 0.6) is 0 Å². The van der Waals surface area contributed by atoms with Crippen LogP contribution in [0, 0.1) is 5.41 Å². The molecule has 0 aliphatic rings. The molecule has 0 spiro atoms. The van der Waals surface area contributed by atoms with Crippen LogP contribution >= 0.6 is 0 Å². The van der Waals surface area contributed by atoms with Crippen LogP contribution in [-0.2, 0) is 12.4 Å². The number of aliphatic imine (C=N–C) groups is 2. The maximum Gasteiger partial charge on any atom is 0.416 e. The fourth-order valence-electron chi connectivity index (χ4n) is 2.16. The lowest BCUT2D eigenvalue weighted by Gasteiger charge is -2.06. The highest BCUT2D eigenvalue weighted by atomic mass is 19.4. The van der Waals surface area contributed by atoms with Crippen molar-refractivity contribution >= 4 is 18.1 Å². The van der Waals surface area contributed by atoms with Crippen molar-refractivity contribution < 1.29 is 26.3 Å². The molecule has 0 aromatic heterocycles. The second kappa shape index (κ2) is 8.81. The summed E-state index contributed by atoms with van der Waals surface area (Å²) in [5, 5.41) is 7.72. The summed E-state index contributed by atoms with van der Waals surface area (Å²) in [5.41, 5.74) is -1.04. The standard InChI is InChI=1S/C19H15F6N3/c20-18(21,22)15-5-1-3-13(7-15)9-27-11-17(26)12-28-10-14-4-2-6-16(8-14)19(23,24)25/h1-10,26H,11-12H2. The summed E-state index contributed by atoms with van der Waals surface area (Å²) >= 11 is 0. The summed E-state index contributed by atoms with van der Waals surface area (Å²) in [6.07, 6.45) is -6.45. The quantitative estimate of drug-likeness (QED) is 0.508. The van der Waals surface area contributed by atoms with Crippen molar-refractivity contribution in [1.82, 2.24) is 0 Å². The molecule has 0 heterocycles. The van der Waals surface area contributed by atoms with E-state index in [0.717, 1.165) is 24.3 Å². The average Bonchev–Trinajstić information content (AvgIpc) is 2.61. The van der Waals surface area contributed by atoms with Gasteiger partial charge in [-0.3, -0.25) is 9.98 Å². The number of nitrogens with one attached hydrogen (secondary N) is 1. The Hall–Kier alpha value is -2.97. The van der Waals surface area contributed by atoms with Crippen LogP contribution in [0.4, 0.5) is 26.3 Å². The Balaban J connectivity index is 1.90. The fourth-order valence-corrected chi connectivity index (χ4v) is 2.16. The lowest BCUT2D eigenvalue weighted by Crippen LogP contribution is -2.07. The Morgan fingerprint density at radius 2 is 1.14 bits per heavy atom. The van der Waals surface area contributed by atoms with Crippen molar-refractivity contribution in [1.29, 1.82) is 5.41 Å². The van der Waals surface area contributed by atoms with Gasteiger partial charge in [-0.2, -0.15) is 26.3 Å². The number of nitrogens with zero attached hydrogens (tertiary/aromatic N) is 2. The zero-order valence-electron chi connectivity index (χ0n) is 14.3. The molecule has 0 amide bonds. The molecule has 0 atom stereocenters. The molecule has 0 radical (unpaired) electrons. The Morgan fingerprint density at radius 3 is 1.50 bits per heavy atom. The third-order valence-corrected chi connectivity index (χ3v) is 3.47. The number of benzene rings is 2. The first-order valence-corrected chi connectivity index (χ1v) is 7.96. The summed E-state index contributed by atoms with van der Waals surface area (Å²) in [6.45, 7) is -0.174. The van der Waals surface area contributed by atoms with Crippen LogP contribution in [0.2, 0.25) is 0 Å². The lowest BCUT2D eigenvalue weighted by molar-refractivity contribution is -0.138. The fraction of sp³-hybridized carbons (Fsp3) is 0.211. The first kappa shape index (κ1) is 21.3. The van der Waals surface area contributed by atoms with Gasteiger partial charge < -0.3 is 5.41 Å². The molecule has 3 nitrogen and oxygen atoms in total. The van der Waals surface area contributed by atoms with Crippen molar-refractivity contribution in [2.75, 3.05) is 13.1 Å². The molecule has 2 rings (SSSR count). The van der Waals surface area contributed by atoms with Gasteiger partial charge in [-0.15, -0.1) is 0 Å². The van der Waals surface area contributed by atoms with Gasteiger partial charge in [-0.25, -0.2) is 0 Å². The molecule has 0 bridgehead atoms. The zero-order valence-corrected chi connectivity index (χ0v) is 14.3. The first-order chi connectivity index (χ1) is 13.1. The maximum atomic E-state index is 12.6. The topological polar surface area (TPSA) is 48.6 Å². The Morgan fingerprint density at radius 1 is 0.750 bits per heavy atom. The molecule has 2 aromatic rings. The van der Waals surface area contributed by atoms with Crippen LogP contribution in [0.25, 0.3) is 0 Å². The van der Waals surface area contributed by atoms with E-state index in [1.165, 1.54) is 36.7 Å². The van der Waals surface area contributed by atoms with Gasteiger partial charge in [0.1, 0.15) is 0 Å². The van der Waals surface area contributed by atoms with Crippen LogP contribution in [-0.4, -0.2) is 31.2 Å². The smallest absolute Gasteiger partial charge is 0.306 e. The van der Waals surface area contributed by atoms with Gasteiger partial charge in [0.2, 0.25) is 0 Å². The number of alkyl halides is 6. The summed E-state index contributed by atoms with van der Waals surface area (Å²) in [7, 11) is 0. The minimum absolute atomic E-state index is 0.0615. The Kier molecular flexibility index (Phi) is 6.71. The molecular weight excluding hydrogens is 384 g/mol. The van der Waals surface area contributed by atoms with Crippen LogP contribution in [0.1, 0.15) is 22.3 Å². The molecule has 0 saturated carbocycles. The van der Waals surface area contributed by atoms with Crippen molar-refractivity contribution in [2.24, 2.45) is 9.98 Å². The van der Waals surface area contributed by atoms with E-state index in [2.05, 4.69) is 9.98 Å². The van der Waals surface area contributed by atoms with Crippen LogP contribution in [0.15, 0.2) is 58.5 Å².